The summed E-state index contributed by atoms with van der Waals surface area (Å²) in [5.74, 6) is -2.10. The van der Waals surface area contributed by atoms with Gasteiger partial charge in [-0.3, -0.25) is 19.0 Å². The van der Waals surface area contributed by atoms with Gasteiger partial charge < -0.3 is 10.0 Å². The quantitative estimate of drug-likeness (QED) is 0.735. The van der Waals surface area contributed by atoms with Crippen molar-refractivity contribution in [2.24, 2.45) is 5.41 Å². The predicted molar refractivity (Wildman–Crippen MR) is 110 cm³/mol. The van der Waals surface area contributed by atoms with Gasteiger partial charge in [0.25, 0.3) is 11.5 Å². The SMILES string of the molecule is CC(C)(C)C(=O)c1cc(O)c2n(c1=O)CCN(Cc1cccc(Cl)c1F)C2=O.Cl. The van der Waals surface area contributed by atoms with E-state index in [2.05, 4.69) is 0 Å². The molecule has 0 spiro atoms. The monoisotopic (exact) mass is 442 g/mol. The molecule has 0 fully saturated rings. The average molecular weight is 443 g/mol. The summed E-state index contributed by atoms with van der Waals surface area (Å²) in [5.41, 5.74) is -1.56. The second-order valence-electron chi connectivity index (χ2n) is 7.77. The van der Waals surface area contributed by atoms with Gasteiger partial charge >= 0.3 is 0 Å². The minimum atomic E-state index is -0.810. The van der Waals surface area contributed by atoms with Crippen LogP contribution in [0.3, 0.4) is 0 Å². The van der Waals surface area contributed by atoms with Gasteiger partial charge in [-0.15, -0.1) is 12.4 Å². The number of carbonyl (C=O) groups excluding carboxylic acids is 2. The summed E-state index contributed by atoms with van der Waals surface area (Å²) >= 11 is 5.78. The van der Waals surface area contributed by atoms with Crippen LogP contribution in [0.5, 0.6) is 5.75 Å². The largest absolute Gasteiger partial charge is 0.506 e. The average Bonchev–Trinajstić information content (AvgIpc) is 2.62. The third-order valence-electron chi connectivity index (χ3n) is 4.67. The second-order valence-corrected chi connectivity index (χ2v) is 8.17. The molecule has 2 aromatic rings. The van der Waals surface area contributed by atoms with E-state index in [9.17, 15) is 23.9 Å². The number of aromatic nitrogens is 1. The molecule has 0 saturated carbocycles. The Bertz CT molecular complexity index is 1040. The maximum absolute atomic E-state index is 14.2. The van der Waals surface area contributed by atoms with Gasteiger partial charge in [-0.1, -0.05) is 44.5 Å². The molecule has 6 nitrogen and oxygen atoms in total. The van der Waals surface area contributed by atoms with Crippen molar-refractivity contribution >= 4 is 35.7 Å². The van der Waals surface area contributed by atoms with Crippen LogP contribution in [0, 0.1) is 11.2 Å². The number of carbonyl (C=O) groups is 2. The van der Waals surface area contributed by atoms with Crippen molar-refractivity contribution in [2.45, 2.75) is 33.9 Å². The van der Waals surface area contributed by atoms with Gasteiger partial charge in [0.15, 0.2) is 11.5 Å². The highest BCUT2D eigenvalue weighted by Gasteiger charge is 2.33. The Balaban J connectivity index is 0.00000300. The summed E-state index contributed by atoms with van der Waals surface area (Å²) in [6.45, 7) is 5.17. The first-order valence-corrected chi connectivity index (χ1v) is 9.14. The van der Waals surface area contributed by atoms with E-state index >= 15 is 0 Å². The first-order valence-electron chi connectivity index (χ1n) is 8.76. The zero-order valence-corrected chi connectivity index (χ0v) is 17.7. The number of halogens is 3. The first kappa shape index (κ1) is 22.9. The fraction of sp³-hybridized carbons (Fsp3) is 0.350. The Morgan fingerprint density at radius 2 is 1.90 bits per heavy atom. The number of fused-ring (bicyclic) bond motifs is 1. The number of pyridine rings is 1. The van der Waals surface area contributed by atoms with E-state index in [0.717, 1.165) is 10.6 Å². The molecule has 2 heterocycles. The maximum Gasteiger partial charge on any atom is 0.274 e. The molecule has 1 N–H and O–H groups in total. The highest BCUT2D eigenvalue weighted by Crippen LogP contribution is 2.27. The van der Waals surface area contributed by atoms with E-state index in [-0.39, 0.29) is 53.9 Å². The van der Waals surface area contributed by atoms with E-state index in [0.29, 0.717) is 0 Å². The Morgan fingerprint density at radius 3 is 2.52 bits per heavy atom. The predicted octanol–water partition coefficient (Wildman–Crippen LogP) is 3.65. The lowest BCUT2D eigenvalue weighted by atomic mass is 9.86. The Labute approximate surface area is 178 Å². The van der Waals surface area contributed by atoms with Gasteiger partial charge in [-0.25, -0.2) is 4.39 Å². The molecule has 1 aliphatic heterocycles. The minimum Gasteiger partial charge on any atom is -0.506 e. The van der Waals surface area contributed by atoms with E-state index in [1.165, 1.54) is 17.0 Å². The van der Waals surface area contributed by atoms with Crippen molar-refractivity contribution in [1.29, 1.82) is 0 Å². The fourth-order valence-electron chi connectivity index (χ4n) is 3.16. The molecule has 1 aromatic heterocycles. The number of hydrogen-bond donors (Lipinski definition) is 1. The number of amides is 1. The van der Waals surface area contributed by atoms with Crippen LogP contribution in [0.15, 0.2) is 29.1 Å². The first-order chi connectivity index (χ1) is 13.0. The van der Waals surface area contributed by atoms with Gasteiger partial charge in [0.1, 0.15) is 11.6 Å². The minimum absolute atomic E-state index is 0. The van der Waals surface area contributed by atoms with Crippen molar-refractivity contribution in [2.75, 3.05) is 6.54 Å². The Morgan fingerprint density at radius 1 is 1.24 bits per heavy atom. The number of Topliss-reactive ketones (excluding diaryl/α,β-unsaturated/α-hetero) is 1. The van der Waals surface area contributed by atoms with Crippen LogP contribution in [0.1, 0.15) is 47.2 Å². The van der Waals surface area contributed by atoms with Crippen molar-refractivity contribution in [3.05, 3.63) is 62.3 Å². The van der Waals surface area contributed by atoms with Crippen LogP contribution in [0.25, 0.3) is 0 Å². The molecule has 29 heavy (non-hydrogen) atoms. The van der Waals surface area contributed by atoms with E-state index in [1.807, 2.05) is 0 Å². The molecule has 0 unspecified atom stereocenters. The van der Waals surface area contributed by atoms with Gasteiger partial charge in [-0.05, 0) is 12.1 Å². The third-order valence-corrected chi connectivity index (χ3v) is 4.96. The molecule has 3 rings (SSSR count). The van der Waals surface area contributed by atoms with Crippen LogP contribution in [0.4, 0.5) is 4.39 Å². The summed E-state index contributed by atoms with van der Waals surface area (Å²) in [6, 6.07) is 5.55. The van der Waals surface area contributed by atoms with Crippen LogP contribution in [-0.4, -0.2) is 32.8 Å². The van der Waals surface area contributed by atoms with Crippen LogP contribution in [-0.2, 0) is 13.1 Å². The molecule has 1 aliphatic rings. The highest BCUT2D eigenvalue weighted by molar-refractivity contribution is 6.30. The van der Waals surface area contributed by atoms with Crippen LogP contribution >= 0.6 is 24.0 Å². The van der Waals surface area contributed by atoms with Gasteiger partial charge in [0.05, 0.1) is 10.6 Å². The molecule has 9 heteroatoms. The smallest absolute Gasteiger partial charge is 0.274 e. The van der Waals surface area contributed by atoms with Crippen molar-refractivity contribution < 1.29 is 19.1 Å². The van der Waals surface area contributed by atoms with Gasteiger partial charge in [0.2, 0.25) is 0 Å². The molecule has 156 valence electrons. The number of hydrogen-bond acceptors (Lipinski definition) is 4. The number of aromatic hydroxyl groups is 1. The molecule has 0 aliphatic carbocycles. The molecule has 0 saturated heterocycles. The molecule has 0 atom stereocenters. The number of rotatable bonds is 3. The van der Waals surface area contributed by atoms with Gasteiger partial charge in [0, 0.05) is 30.6 Å². The molecule has 1 amide bonds. The molecule has 0 bridgehead atoms. The maximum atomic E-state index is 14.2. The molecule has 0 radical (unpaired) electrons. The molecular weight excluding hydrogens is 422 g/mol. The normalized spacial score (nSPS) is 13.7. The van der Waals surface area contributed by atoms with Crippen LogP contribution < -0.4 is 5.56 Å². The number of nitrogens with zero attached hydrogens (tertiary/aromatic N) is 2. The summed E-state index contributed by atoms with van der Waals surface area (Å²) < 4.78 is 15.3. The lowest BCUT2D eigenvalue weighted by Gasteiger charge is -2.30. The summed E-state index contributed by atoms with van der Waals surface area (Å²) in [6.07, 6.45) is 0. The number of ketones is 1. The zero-order valence-electron chi connectivity index (χ0n) is 16.2. The zero-order chi connectivity index (χ0) is 20.8. The lowest BCUT2D eigenvalue weighted by Crippen LogP contribution is -2.45. The standard InChI is InChI=1S/C20H20ClFN2O4.ClH/c1-20(2,3)17(26)12-9-14(25)16-19(28)23(7-8-24(16)18(12)27)10-11-5-4-6-13(21)15(11)22;/h4-6,9,25H,7-8,10H2,1-3H3;1H. The van der Waals surface area contributed by atoms with Crippen molar-refractivity contribution in [3.8, 4) is 5.75 Å². The Kier molecular flexibility index (Phi) is 6.45. The summed E-state index contributed by atoms with van der Waals surface area (Å²) in [7, 11) is 0. The molecular formula is C20H21Cl2FN2O4. The van der Waals surface area contributed by atoms with E-state index < -0.39 is 34.2 Å². The topological polar surface area (TPSA) is 79.6 Å². The van der Waals surface area contributed by atoms with E-state index in [1.54, 1.807) is 26.8 Å². The second kappa shape index (κ2) is 8.16. The highest BCUT2D eigenvalue weighted by atomic mass is 35.5. The molecule has 1 aromatic carbocycles. The number of benzene rings is 1. The summed E-state index contributed by atoms with van der Waals surface area (Å²) in [4.78, 5) is 39.4. The van der Waals surface area contributed by atoms with Crippen molar-refractivity contribution in [3.63, 3.8) is 0 Å². The van der Waals surface area contributed by atoms with Gasteiger partial charge in [-0.2, -0.15) is 0 Å². The van der Waals surface area contributed by atoms with E-state index in [4.69, 9.17) is 11.6 Å². The van der Waals surface area contributed by atoms with Crippen molar-refractivity contribution in [1.82, 2.24) is 9.47 Å². The van der Waals surface area contributed by atoms with Crippen LogP contribution in [0.2, 0.25) is 5.02 Å². The summed E-state index contributed by atoms with van der Waals surface area (Å²) in [5, 5.41) is 10.3. The Hall–Kier alpha value is -2.38. The fourth-order valence-corrected chi connectivity index (χ4v) is 3.35. The lowest BCUT2D eigenvalue weighted by molar-refractivity contribution is 0.0677. The third kappa shape index (κ3) is 4.16.